The molecule has 1 amide bonds. The number of rotatable bonds is 4. The summed E-state index contributed by atoms with van der Waals surface area (Å²) in [6, 6.07) is 14.4. The van der Waals surface area contributed by atoms with Crippen LogP contribution in [0.1, 0.15) is 36.0 Å². The van der Waals surface area contributed by atoms with Gasteiger partial charge in [0.05, 0.1) is 16.8 Å². The molecule has 1 aliphatic rings. The number of hydrogen-bond acceptors (Lipinski definition) is 3. The molecule has 0 aliphatic heterocycles. The van der Waals surface area contributed by atoms with Crippen LogP contribution in [0.15, 0.2) is 42.5 Å². The highest BCUT2D eigenvalue weighted by atomic mass is 32.1. The summed E-state index contributed by atoms with van der Waals surface area (Å²) in [7, 11) is 0. The average molecular weight is 350 g/mol. The SMILES string of the molecule is Cc1ccc2sc(N(Cc3ccccc3)C(=O)C3CCC3)nc2c1C. The molecule has 4 heteroatoms. The van der Waals surface area contributed by atoms with Gasteiger partial charge in [-0.15, -0.1) is 0 Å². The summed E-state index contributed by atoms with van der Waals surface area (Å²) in [5, 5.41) is 0.824. The van der Waals surface area contributed by atoms with Gasteiger partial charge in [0.1, 0.15) is 0 Å². The second-order valence-electron chi connectivity index (χ2n) is 6.89. The lowest BCUT2D eigenvalue weighted by atomic mass is 9.84. The smallest absolute Gasteiger partial charge is 0.232 e. The average Bonchev–Trinajstić information content (AvgIpc) is 3.00. The summed E-state index contributed by atoms with van der Waals surface area (Å²) in [6.45, 7) is 4.81. The summed E-state index contributed by atoms with van der Waals surface area (Å²) < 4.78 is 1.15. The molecule has 3 nitrogen and oxygen atoms in total. The highest BCUT2D eigenvalue weighted by Crippen LogP contribution is 2.36. The Morgan fingerprint density at radius 3 is 2.60 bits per heavy atom. The predicted molar refractivity (Wildman–Crippen MR) is 104 cm³/mol. The fourth-order valence-corrected chi connectivity index (χ4v) is 4.24. The van der Waals surface area contributed by atoms with Gasteiger partial charge in [0.2, 0.25) is 5.91 Å². The fraction of sp³-hybridized carbons (Fsp3) is 0.333. The van der Waals surface area contributed by atoms with E-state index in [0.717, 1.165) is 40.2 Å². The van der Waals surface area contributed by atoms with E-state index in [4.69, 9.17) is 4.98 Å². The van der Waals surface area contributed by atoms with Crippen LogP contribution in [-0.2, 0) is 11.3 Å². The van der Waals surface area contributed by atoms with Gasteiger partial charge in [-0.3, -0.25) is 9.69 Å². The summed E-state index contributed by atoms with van der Waals surface area (Å²) in [5.41, 5.74) is 4.61. The number of hydrogen-bond donors (Lipinski definition) is 0. The molecular formula is C21H22N2OS. The lowest BCUT2D eigenvalue weighted by Crippen LogP contribution is -2.38. The van der Waals surface area contributed by atoms with Crippen LogP contribution in [0.25, 0.3) is 10.2 Å². The normalized spacial score (nSPS) is 14.5. The largest absolute Gasteiger partial charge is 0.283 e. The van der Waals surface area contributed by atoms with Gasteiger partial charge in [0.25, 0.3) is 0 Å². The number of anilines is 1. The maximum Gasteiger partial charge on any atom is 0.232 e. The molecule has 1 heterocycles. The van der Waals surface area contributed by atoms with E-state index in [9.17, 15) is 4.79 Å². The Morgan fingerprint density at radius 2 is 1.92 bits per heavy atom. The van der Waals surface area contributed by atoms with Crippen LogP contribution in [0.5, 0.6) is 0 Å². The fourth-order valence-electron chi connectivity index (χ4n) is 3.21. The van der Waals surface area contributed by atoms with Crippen LogP contribution in [-0.4, -0.2) is 10.9 Å². The summed E-state index contributed by atoms with van der Waals surface area (Å²) in [6.07, 6.45) is 3.17. The number of fused-ring (bicyclic) bond motifs is 1. The van der Waals surface area contributed by atoms with Gasteiger partial charge >= 0.3 is 0 Å². The van der Waals surface area contributed by atoms with Crippen LogP contribution >= 0.6 is 11.3 Å². The summed E-state index contributed by atoms with van der Waals surface area (Å²) in [4.78, 5) is 19.8. The van der Waals surface area contributed by atoms with Crippen LogP contribution in [0.3, 0.4) is 0 Å². The molecule has 0 unspecified atom stereocenters. The van der Waals surface area contributed by atoms with E-state index >= 15 is 0 Å². The minimum atomic E-state index is 0.165. The maximum atomic E-state index is 13.1. The molecule has 1 fully saturated rings. The Bertz CT molecular complexity index is 912. The van der Waals surface area contributed by atoms with Crippen molar-refractivity contribution in [2.24, 2.45) is 5.92 Å². The van der Waals surface area contributed by atoms with Crippen LogP contribution in [0.2, 0.25) is 0 Å². The molecule has 1 aliphatic carbocycles. The molecule has 0 bridgehead atoms. The molecule has 1 saturated carbocycles. The highest BCUT2D eigenvalue weighted by molar-refractivity contribution is 7.22. The first-order chi connectivity index (χ1) is 12.1. The number of amides is 1. The van der Waals surface area contributed by atoms with Crippen molar-refractivity contribution in [1.29, 1.82) is 0 Å². The van der Waals surface area contributed by atoms with Crippen molar-refractivity contribution >= 4 is 32.6 Å². The topological polar surface area (TPSA) is 33.2 Å². The van der Waals surface area contributed by atoms with Gasteiger partial charge in [-0.2, -0.15) is 0 Å². The zero-order valence-electron chi connectivity index (χ0n) is 14.7. The van der Waals surface area contributed by atoms with Crippen molar-refractivity contribution < 1.29 is 4.79 Å². The maximum absolute atomic E-state index is 13.1. The minimum Gasteiger partial charge on any atom is -0.283 e. The number of aromatic nitrogens is 1. The molecule has 0 radical (unpaired) electrons. The lowest BCUT2D eigenvalue weighted by molar-refractivity contribution is -0.124. The molecule has 0 N–H and O–H groups in total. The quantitative estimate of drug-likeness (QED) is 0.644. The zero-order valence-corrected chi connectivity index (χ0v) is 15.5. The lowest BCUT2D eigenvalue weighted by Gasteiger charge is -2.30. The Labute approximate surface area is 152 Å². The number of carbonyl (C=O) groups excluding carboxylic acids is 1. The predicted octanol–water partition coefficient (Wildman–Crippen LogP) is 5.25. The Balaban J connectivity index is 1.74. The molecule has 1 aromatic heterocycles. The van der Waals surface area contributed by atoms with Crippen LogP contribution < -0.4 is 4.90 Å². The zero-order chi connectivity index (χ0) is 17.4. The van der Waals surface area contributed by atoms with Gasteiger partial charge in [0.15, 0.2) is 5.13 Å². The van der Waals surface area contributed by atoms with Gasteiger partial charge in [-0.25, -0.2) is 4.98 Å². The van der Waals surface area contributed by atoms with E-state index in [1.807, 2.05) is 23.1 Å². The van der Waals surface area contributed by atoms with Crippen LogP contribution in [0, 0.1) is 19.8 Å². The third-order valence-electron chi connectivity index (χ3n) is 5.21. The van der Waals surface area contributed by atoms with E-state index in [2.05, 4.69) is 38.1 Å². The van der Waals surface area contributed by atoms with Gasteiger partial charge in [-0.1, -0.05) is 54.2 Å². The molecular weight excluding hydrogens is 328 g/mol. The van der Waals surface area contributed by atoms with E-state index in [1.165, 1.54) is 11.1 Å². The molecule has 128 valence electrons. The Hall–Kier alpha value is -2.20. The van der Waals surface area contributed by atoms with E-state index in [1.54, 1.807) is 11.3 Å². The van der Waals surface area contributed by atoms with E-state index in [-0.39, 0.29) is 11.8 Å². The first-order valence-electron chi connectivity index (χ1n) is 8.85. The number of nitrogens with zero attached hydrogens (tertiary/aromatic N) is 2. The molecule has 25 heavy (non-hydrogen) atoms. The number of benzene rings is 2. The van der Waals surface area contributed by atoms with E-state index in [0.29, 0.717) is 6.54 Å². The molecule has 2 aromatic carbocycles. The van der Waals surface area contributed by atoms with Crippen molar-refractivity contribution in [3.05, 3.63) is 59.2 Å². The molecule has 4 rings (SSSR count). The third-order valence-corrected chi connectivity index (χ3v) is 6.25. The summed E-state index contributed by atoms with van der Waals surface area (Å²) >= 11 is 1.62. The first kappa shape index (κ1) is 16.3. The van der Waals surface area contributed by atoms with Crippen molar-refractivity contribution in [2.45, 2.75) is 39.7 Å². The van der Waals surface area contributed by atoms with Gasteiger partial charge in [-0.05, 0) is 49.4 Å². The van der Waals surface area contributed by atoms with Crippen molar-refractivity contribution in [2.75, 3.05) is 4.90 Å². The molecule has 0 spiro atoms. The first-order valence-corrected chi connectivity index (χ1v) is 9.67. The minimum absolute atomic E-state index is 0.165. The second kappa shape index (κ2) is 6.60. The number of thiazole rings is 1. The number of carbonyl (C=O) groups is 1. The highest BCUT2D eigenvalue weighted by Gasteiger charge is 2.31. The van der Waals surface area contributed by atoms with Gasteiger partial charge in [0, 0.05) is 5.92 Å². The molecule has 0 saturated heterocycles. The van der Waals surface area contributed by atoms with Crippen LogP contribution in [0.4, 0.5) is 5.13 Å². The van der Waals surface area contributed by atoms with Gasteiger partial charge < -0.3 is 0 Å². The third kappa shape index (κ3) is 3.07. The second-order valence-corrected chi connectivity index (χ2v) is 7.90. The molecule has 3 aromatic rings. The Morgan fingerprint density at radius 1 is 1.16 bits per heavy atom. The van der Waals surface area contributed by atoms with Crippen molar-refractivity contribution in [3.63, 3.8) is 0 Å². The monoisotopic (exact) mass is 350 g/mol. The number of aryl methyl sites for hydroxylation is 2. The summed E-state index contributed by atoms with van der Waals surface area (Å²) in [5.74, 6) is 0.391. The standard InChI is InChI=1S/C21H22N2OS/c1-14-11-12-18-19(15(14)2)22-21(25-18)23(20(24)17-9-6-10-17)13-16-7-4-3-5-8-16/h3-5,7-8,11-12,17H,6,9-10,13H2,1-2H3. The van der Waals surface area contributed by atoms with Crippen molar-refractivity contribution in [1.82, 2.24) is 4.98 Å². The van der Waals surface area contributed by atoms with E-state index < -0.39 is 0 Å². The Kier molecular flexibility index (Phi) is 4.30. The van der Waals surface area contributed by atoms with Crippen molar-refractivity contribution in [3.8, 4) is 0 Å². The molecule has 0 atom stereocenters.